The van der Waals surface area contributed by atoms with Crippen LogP contribution in [0.2, 0.25) is 0 Å². The van der Waals surface area contributed by atoms with Crippen molar-refractivity contribution in [3.63, 3.8) is 0 Å². The number of aliphatic hydroxyl groups excluding tert-OH is 3. The predicted molar refractivity (Wildman–Crippen MR) is 173 cm³/mol. The van der Waals surface area contributed by atoms with Crippen LogP contribution in [0.3, 0.4) is 0 Å². The van der Waals surface area contributed by atoms with Gasteiger partial charge >= 0.3 is 11.9 Å². The Kier molecular flexibility index (Phi) is 8.43. The zero-order valence-corrected chi connectivity index (χ0v) is 29.5. The first-order valence-corrected chi connectivity index (χ1v) is 18.1. The average molecular weight is 645 g/mol. The molecule has 0 bridgehead atoms. The summed E-state index contributed by atoms with van der Waals surface area (Å²) in [5.74, 6) is 1.12. The molecule has 0 radical (unpaired) electrons. The lowest BCUT2D eigenvalue weighted by atomic mass is 9.32. The third-order valence-electron chi connectivity index (χ3n) is 15.8. The number of hydrogen-bond acceptors (Lipinski definition) is 8. The molecule has 46 heavy (non-hydrogen) atoms. The summed E-state index contributed by atoms with van der Waals surface area (Å²) in [6.07, 6.45) is 3.31. The zero-order valence-electron chi connectivity index (χ0n) is 29.5. The molecule has 1 aliphatic heterocycles. The SMILES string of the molecule is C=C(C)[C@@H]1CC[C@]2(C(=O)O[C@H]3O[C@H](C)[C@@H](O)[C@H](O)[C@@H]3O)CC[C@]3(C)[C@H](CC[C@@H]4[C@@]5(C)CC[C@H](OC(C)=O)C(C)(C)[C@@H]5CC[C@]43C)[C@@H]12. The molecular formula is C38H60O8. The Morgan fingerprint density at radius 3 is 2.11 bits per heavy atom. The van der Waals surface area contributed by atoms with Gasteiger partial charge < -0.3 is 29.5 Å². The highest BCUT2D eigenvalue weighted by atomic mass is 16.7. The fourth-order valence-corrected chi connectivity index (χ4v) is 13.2. The Morgan fingerprint density at radius 1 is 0.761 bits per heavy atom. The van der Waals surface area contributed by atoms with Gasteiger partial charge in [-0.2, -0.15) is 0 Å². The van der Waals surface area contributed by atoms with E-state index >= 15 is 0 Å². The Hall–Kier alpha value is -1.48. The minimum atomic E-state index is -1.51. The molecule has 260 valence electrons. The number of rotatable bonds is 4. The molecule has 6 fully saturated rings. The third kappa shape index (κ3) is 4.65. The summed E-state index contributed by atoms with van der Waals surface area (Å²) < 4.78 is 17.7. The van der Waals surface area contributed by atoms with E-state index in [1.807, 2.05) is 0 Å². The fourth-order valence-electron chi connectivity index (χ4n) is 13.2. The number of aliphatic hydroxyl groups is 3. The molecule has 0 spiro atoms. The van der Waals surface area contributed by atoms with Crippen molar-refractivity contribution in [3.05, 3.63) is 12.2 Å². The monoisotopic (exact) mass is 644 g/mol. The van der Waals surface area contributed by atoms with Gasteiger partial charge in [0.2, 0.25) is 6.29 Å². The van der Waals surface area contributed by atoms with Crippen molar-refractivity contribution in [2.45, 2.75) is 156 Å². The summed E-state index contributed by atoms with van der Waals surface area (Å²) in [7, 11) is 0. The van der Waals surface area contributed by atoms with Gasteiger partial charge in [0.15, 0.2) is 0 Å². The molecule has 1 heterocycles. The normalized spacial score (nSPS) is 52.7. The van der Waals surface area contributed by atoms with Crippen molar-refractivity contribution in [3.8, 4) is 0 Å². The highest BCUT2D eigenvalue weighted by Gasteiger charge is 2.72. The van der Waals surface area contributed by atoms with Crippen molar-refractivity contribution in [1.29, 1.82) is 0 Å². The van der Waals surface area contributed by atoms with E-state index in [-0.39, 0.29) is 51.5 Å². The van der Waals surface area contributed by atoms with Gasteiger partial charge in [0, 0.05) is 12.3 Å². The maximum atomic E-state index is 14.4. The minimum Gasteiger partial charge on any atom is -0.462 e. The number of esters is 2. The molecule has 5 saturated carbocycles. The molecule has 5 aliphatic carbocycles. The molecule has 3 N–H and O–H groups in total. The summed E-state index contributed by atoms with van der Waals surface area (Å²) in [5.41, 5.74) is 0.612. The van der Waals surface area contributed by atoms with Crippen molar-refractivity contribution >= 4 is 11.9 Å². The van der Waals surface area contributed by atoms with Gasteiger partial charge in [-0.1, -0.05) is 46.8 Å². The molecule has 1 saturated heterocycles. The Bertz CT molecular complexity index is 1250. The molecule has 6 rings (SSSR count). The molecule has 0 aromatic rings. The van der Waals surface area contributed by atoms with Crippen LogP contribution >= 0.6 is 0 Å². The molecular weight excluding hydrogens is 584 g/mol. The maximum Gasteiger partial charge on any atom is 0.314 e. The van der Waals surface area contributed by atoms with Crippen LogP contribution in [0.1, 0.15) is 120 Å². The second-order valence-corrected chi connectivity index (χ2v) is 17.9. The van der Waals surface area contributed by atoms with Crippen LogP contribution in [0, 0.1) is 56.7 Å². The van der Waals surface area contributed by atoms with Crippen molar-refractivity contribution in [2.24, 2.45) is 56.7 Å². The van der Waals surface area contributed by atoms with E-state index in [2.05, 4.69) is 48.1 Å². The summed E-state index contributed by atoms with van der Waals surface area (Å²) in [6.45, 7) is 21.9. The number of hydrogen-bond donors (Lipinski definition) is 3. The molecule has 15 atom stereocenters. The van der Waals surface area contributed by atoms with Gasteiger partial charge in [-0.3, -0.25) is 9.59 Å². The van der Waals surface area contributed by atoms with Crippen molar-refractivity contribution < 1.29 is 39.1 Å². The number of carbonyl (C=O) groups is 2. The summed E-state index contributed by atoms with van der Waals surface area (Å²) in [4.78, 5) is 26.4. The molecule has 0 unspecified atom stereocenters. The summed E-state index contributed by atoms with van der Waals surface area (Å²) in [5, 5.41) is 31.3. The van der Waals surface area contributed by atoms with Crippen LogP contribution in [0.15, 0.2) is 12.2 Å². The first-order chi connectivity index (χ1) is 21.3. The molecule has 8 heteroatoms. The molecule has 6 aliphatic rings. The van der Waals surface area contributed by atoms with Crippen LogP contribution < -0.4 is 0 Å². The van der Waals surface area contributed by atoms with E-state index in [9.17, 15) is 24.9 Å². The smallest absolute Gasteiger partial charge is 0.314 e. The van der Waals surface area contributed by atoms with Gasteiger partial charge in [-0.15, -0.1) is 0 Å². The van der Waals surface area contributed by atoms with Crippen molar-refractivity contribution in [1.82, 2.24) is 0 Å². The highest BCUT2D eigenvalue weighted by Crippen LogP contribution is 2.77. The standard InChI is InChI=1S/C38H60O8/c1-20(2)23-12-17-38(33(43)46-32-31(42)30(41)29(40)21(3)44-32)19-18-36(8)24(28(23)38)10-11-26-35(7)15-14-27(45-22(4)39)34(5,6)25(35)13-16-37(26,36)9/h21,23-32,40-42H,1,10-19H2,2-9H3/t21-,23+,24-,25+,26-,27+,28-,29-,30+,31+,32-,35+,36-,37-,38+/m1/s1. The van der Waals surface area contributed by atoms with Gasteiger partial charge in [0.25, 0.3) is 0 Å². The lowest BCUT2D eigenvalue weighted by Crippen LogP contribution is -2.67. The van der Waals surface area contributed by atoms with E-state index in [1.165, 1.54) is 6.92 Å². The molecule has 8 nitrogen and oxygen atoms in total. The summed E-state index contributed by atoms with van der Waals surface area (Å²) >= 11 is 0. The lowest BCUT2D eigenvalue weighted by Gasteiger charge is -2.72. The lowest BCUT2D eigenvalue weighted by molar-refractivity contribution is -0.292. The number of carbonyl (C=O) groups excluding carboxylic acids is 2. The Labute approximate surface area is 276 Å². The second kappa shape index (κ2) is 11.3. The summed E-state index contributed by atoms with van der Waals surface area (Å²) in [6, 6.07) is 0. The van der Waals surface area contributed by atoms with E-state index < -0.39 is 36.1 Å². The number of allylic oxidation sites excluding steroid dienone is 1. The molecule has 0 aromatic heterocycles. The highest BCUT2D eigenvalue weighted by molar-refractivity contribution is 5.78. The molecule has 0 aromatic carbocycles. The third-order valence-corrected chi connectivity index (χ3v) is 15.8. The van der Waals surface area contributed by atoms with Crippen LogP contribution in [0.5, 0.6) is 0 Å². The average Bonchev–Trinajstić information content (AvgIpc) is 3.38. The van der Waals surface area contributed by atoms with Gasteiger partial charge in [0.1, 0.15) is 24.4 Å². The van der Waals surface area contributed by atoms with Crippen LogP contribution in [-0.4, -0.2) is 64.1 Å². The largest absolute Gasteiger partial charge is 0.462 e. The topological polar surface area (TPSA) is 123 Å². The second-order valence-electron chi connectivity index (χ2n) is 17.9. The molecule has 0 amide bonds. The Balaban J connectivity index is 1.31. The quantitative estimate of drug-likeness (QED) is 0.254. The number of ether oxygens (including phenoxy) is 3. The fraction of sp³-hybridized carbons (Fsp3) is 0.895. The maximum absolute atomic E-state index is 14.4. The zero-order chi connectivity index (χ0) is 33.8. The van der Waals surface area contributed by atoms with E-state index in [1.54, 1.807) is 6.92 Å². The number of fused-ring (bicyclic) bond motifs is 7. The van der Waals surface area contributed by atoms with Crippen LogP contribution in [0.25, 0.3) is 0 Å². The van der Waals surface area contributed by atoms with Crippen LogP contribution in [0.4, 0.5) is 0 Å². The van der Waals surface area contributed by atoms with Crippen LogP contribution in [-0.2, 0) is 23.8 Å². The van der Waals surface area contributed by atoms with Gasteiger partial charge in [-0.25, -0.2) is 0 Å². The van der Waals surface area contributed by atoms with E-state index in [4.69, 9.17) is 14.2 Å². The first kappa shape index (κ1) is 34.4. The van der Waals surface area contributed by atoms with Crippen molar-refractivity contribution in [2.75, 3.05) is 0 Å². The van der Waals surface area contributed by atoms with E-state index in [0.29, 0.717) is 17.8 Å². The van der Waals surface area contributed by atoms with Gasteiger partial charge in [0.05, 0.1) is 11.5 Å². The van der Waals surface area contributed by atoms with E-state index in [0.717, 1.165) is 69.8 Å². The Morgan fingerprint density at radius 2 is 1.46 bits per heavy atom. The van der Waals surface area contributed by atoms with Gasteiger partial charge in [-0.05, 0) is 124 Å². The predicted octanol–water partition coefficient (Wildman–Crippen LogP) is 5.95. The minimum absolute atomic E-state index is 0.0307. The first-order valence-electron chi connectivity index (χ1n) is 18.1.